The maximum absolute atomic E-state index is 13.0. The van der Waals surface area contributed by atoms with Crippen LogP contribution >= 0.6 is 0 Å². The standard InChI is InChI=1S/C15H20FNO3/c1-14(18,13-3-2-12(16)9-17-13)11-4-6-20-15(8-11)5-7-19-10-15/h2-3,9,11,18H,4-8,10H2,1H3. The maximum atomic E-state index is 13.0. The largest absolute Gasteiger partial charge is 0.384 e. The summed E-state index contributed by atoms with van der Waals surface area (Å²) in [6.07, 6.45) is 3.54. The first-order valence-corrected chi connectivity index (χ1v) is 7.08. The summed E-state index contributed by atoms with van der Waals surface area (Å²) in [5.41, 5.74) is -0.820. The molecule has 3 atom stereocenters. The molecule has 2 aliphatic rings. The van der Waals surface area contributed by atoms with Crippen LogP contribution in [0.5, 0.6) is 0 Å². The molecule has 2 saturated heterocycles. The number of nitrogens with zero attached hydrogens (tertiary/aromatic N) is 1. The van der Waals surface area contributed by atoms with Crippen LogP contribution in [-0.2, 0) is 15.1 Å². The summed E-state index contributed by atoms with van der Waals surface area (Å²) in [7, 11) is 0. The molecule has 0 radical (unpaired) electrons. The molecule has 2 aliphatic heterocycles. The van der Waals surface area contributed by atoms with Crippen LogP contribution in [0.4, 0.5) is 4.39 Å². The second-order valence-electron chi connectivity index (χ2n) is 6.03. The quantitative estimate of drug-likeness (QED) is 0.901. The van der Waals surface area contributed by atoms with Gasteiger partial charge in [-0.25, -0.2) is 4.39 Å². The van der Waals surface area contributed by atoms with Gasteiger partial charge in [-0.05, 0) is 37.8 Å². The van der Waals surface area contributed by atoms with Crippen molar-refractivity contribution in [3.8, 4) is 0 Å². The van der Waals surface area contributed by atoms with Crippen molar-refractivity contribution in [2.24, 2.45) is 5.92 Å². The van der Waals surface area contributed by atoms with Gasteiger partial charge in [-0.15, -0.1) is 0 Å². The van der Waals surface area contributed by atoms with E-state index >= 15 is 0 Å². The molecule has 3 unspecified atom stereocenters. The molecule has 0 aliphatic carbocycles. The molecule has 0 bridgehead atoms. The van der Waals surface area contributed by atoms with E-state index < -0.39 is 11.4 Å². The van der Waals surface area contributed by atoms with Crippen molar-refractivity contribution in [1.29, 1.82) is 0 Å². The van der Waals surface area contributed by atoms with Crippen LogP contribution in [0.25, 0.3) is 0 Å². The Morgan fingerprint density at radius 3 is 2.95 bits per heavy atom. The number of hydrogen-bond donors (Lipinski definition) is 1. The molecule has 3 heterocycles. The maximum Gasteiger partial charge on any atom is 0.141 e. The molecule has 0 amide bonds. The number of halogens is 1. The van der Waals surface area contributed by atoms with Crippen LogP contribution < -0.4 is 0 Å². The van der Waals surface area contributed by atoms with Gasteiger partial charge in [0.05, 0.1) is 24.1 Å². The zero-order valence-corrected chi connectivity index (χ0v) is 11.6. The van der Waals surface area contributed by atoms with E-state index in [1.807, 2.05) is 0 Å². The van der Waals surface area contributed by atoms with Crippen LogP contribution in [0.1, 0.15) is 31.9 Å². The fourth-order valence-corrected chi connectivity index (χ4v) is 3.26. The van der Waals surface area contributed by atoms with Crippen LogP contribution in [-0.4, -0.2) is 35.5 Å². The average Bonchev–Trinajstić information content (AvgIpc) is 2.87. The zero-order chi connectivity index (χ0) is 14.2. The van der Waals surface area contributed by atoms with E-state index in [2.05, 4.69) is 4.98 Å². The SMILES string of the molecule is CC(O)(c1ccc(F)cn1)C1CCOC2(CCOC2)C1. The fourth-order valence-electron chi connectivity index (χ4n) is 3.26. The molecular weight excluding hydrogens is 261 g/mol. The van der Waals surface area contributed by atoms with Gasteiger partial charge in [0.25, 0.3) is 0 Å². The summed E-state index contributed by atoms with van der Waals surface area (Å²) in [6, 6.07) is 2.90. The lowest BCUT2D eigenvalue weighted by Gasteiger charge is -2.42. The third-order valence-electron chi connectivity index (χ3n) is 4.60. The molecule has 110 valence electrons. The zero-order valence-electron chi connectivity index (χ0n) is 11.6. The minimum atomic E-state index is -1.08. The molecule has 2 fully saturated rings. The van der Waals surface area contributed by atoms with Crippen molar-refractivity contribution in [1.82, 2.24) is 4.98 Å². The van der Waals surface area contributed by atoms with Crippen molar-refractivity contribution in [3.05, 3.63) is 29.8 Å². The van der Waals surface area contributed by atoms with Crippen molar-refractivity contribution in [2.45, 2.75) is 37.4 Å². The number of aromatic nitrogens is 1. The summed E-state index contributed by atoms with van der Waals surface area (Å²) < 4.78 is 24.3. The summed E-state index contributed by atoms with van der Waals surface area (Å²) in [5.74, 6) is -0.354. The Morgan fingerprint density at radius 1 is 1.45 bits per heavy atom. The molecule has 5 heteroatoms. The minimum absolute atomic E-state index is 0.0379. The molecule has 3 rings (SSSR count). The second-order valence-corrected chi connectivity index (χ2v) is 6.03. The Bertz CT molecular complexity index is 469. The minimum Gasteiger partial charge on any atom is -0.384 e. The van der Waals surface area contributed by atoms with Gasteiger partial charge in [0, 0.05) is 19.6 Å². The molecule has 0 saturated carbocycles. The molecule has 20 heavy (non-hydrogen) atoms. The Labute approximate surface area is 117 Å². The first-order chi connectivity index (χ1) is 9.52. The van der Waals surface area contributed by atoms with Crippen molar-refractivity contribution in [3.63, 3.8) is 0 Å². The second kappa shape index (κ2) is 5.06. The van der Waals surface area contributed by atoms with Gasteiger partial charge in [0.1, 0.15) is 11.4 Å². The van der Waals surface area contributed by atoms with E-state index in [0.717, 1.165) is 25.5 Å². The van der Waals surface area contributed by atoms with Crippen molar-refractivity contribution >= 4 is 0 Å². The van der Waals surface area contributed by atoms with Gasteiger partial charge in [-0.2, -0.15) is 0 Å². The molecule has 1 N–H and O–H groups in total. The topological polar surface area (TPSA) is 51.6 Å². The lowest BCUT2D eigenvalue weighted by molar-refractivity contribution is -0.141. The van der Waals surface area contributed by atoms with E-state index in [-0.39, 0.29) is 11.5 Å². The highest BCUT2D eigenvalue weighted by atomic mass is 19.1. The van der Waals surface area contributed by atoms with Gasteiger partial charge >= 0.3 is 0 Å². The van der Waals surface area contributed by atoms with Crippen LogP contribution in [0.3, 0.4) is 0 Å². The van der Waals surface area contributed by atoms with Crippen LogP contribution in [0, 0.1) is 11.7 Å². The van der Waals surface area contributed by atoms with Crippen molar-refractivity contribution in [2.75, 3.05) is 19.8 Å². The Balaban J connectivity index is 1.81. The van der Waals surface area contributed by atoms with E-state index in [1.54, 1.807) is 13.0 Å². The van der Waals surface area contributed by atoms with Gasteiger partial charge in [0.15, 0.2) is 0 Å². The Hall–Kier alpha value is -1.04. The third-order valence-corrected chi connectivity index (χ3v) is 4.60. The number of ether oxygens (including phenoxy) is 2. The molecule has 1 spiro atoms. The fraction of sp³-hybridized carbons (Fsp3) is 0.667. The summed E-state index contributed by atoms with van der Waals surface area (Å²) in [4.78, 5) is 4.04. The van der Waals surface area contributed by atoms with Gasteiger partial charge in [0.2, 0.25) is 0 Å². The van der Waals surface area contributed by atoms with E-state index in [1.165, 1.54) is 6.07 Å². The van der Waals surface area contributed by atoms with Crippen LogP contribution in [0.15, 0.2) is 18.3 Å². The van der Waals surface area contributed by atoms with Gasteiger partial charge < -0.3 is 14.6 Å². The van der Waals surface area contributed by atoms with Gasteiger partial charge in [-0.3, -0.25) is 4.98 Å². The molecule has 1 aromatic rings. The highest BCUT2D eigenvalue weighted by Crippen LogP contribution is 2.43. The smallest absolute Gasteiger partial charge is 0.141 e. The predicted octanol–water partition coefficient (Wildman–Crippen LogP) is 2.01. The first kappa shape index (κ1) is 13.9. The predicted molar refractivity (Wildman–Crippen MR) is 70.6 cm³/mol. The lowest BCUT2D eigenvalue weighted by atomic mass is 9.74. The van der Waals surface area contributed by atoms with E-state index in [0.29, 0.717) is 25.5 Å². The monoisotopic (exact) mass is 281 g/mol. The molecular formula is C15H20FNO3. The number of rotatable bonds is 2. The number of hydrogen-bond acceptors (Lipinski definition) is 4. The van der Waals surface area contributed by atoms with Crippen molar-refractivity contribution < 1.29 is 19.0 Å². The highest BCUT2D eigenvalue weighted by molar-refractivity contribution is 5.15. The summed E-state index contributed by atoms with van der Waals surface area (Å²) >= 11 is 0. The lowest BCUT2D eigenvalue weighted by Crippen LogP contribution is -2.46. The first-order valence-electron chi connectivity index (χ1n) is 7.08. The third kappa shape index (κ3) is 2.45. The highest BCUT2D eigenvalue weighted by Gasteiger charge is 2.47. The van der Waals surface area contributed by atoms with E-state index in [9.17, 15) is 9.50 Å². The summed E-state index contributed by atoms with van der Waals surface area (Å²) in [6.45, 7) is 3.68. The summed E-state index contributed by atoms with van der Waals surface area (Å²) in [5, 5.41) is 10.9. The average molecular weight is 281 g/mol. The molecule has 1 aromatic heterocycles. The Morgan fingerprint density at radius 2 is 2.30 bits per heavy atom. The normalized spacial score (nSPS) is 33.2. The molecule has 4 nitrogen and oxygen atoms in total. The molecule has 0 aromatic carbocycles. The number of pyridine rings is 1. The Kier molecular flexibility index (Phi) is 3.52. The van der Waals surface area contributed by atoms with E-state index in [4.69, 9.17) is 9.47 Å². The number of aliphatic hydroxyl groups is 1. The van der Waals surface area contributed by atoms with Gasteiger partial charge in [-0.1, -0.05) is 0 Å². The van der Waals surface area contributed by atoms with Crippen LogP contribution in [0.2, 0.25) is 0 Å².